The van der Waals surface area contributed by atoms with Crippen molar-refractivity contribution in [1.29, 1.82) is 0 Å². The molecule has 0 unspecified atom stereocenters. The summed E-state index contributed by atoms with van der Waals surface area (Å²) in [7, 11) is 0. The number of amides is 1. The zero-order valence-electron chi connectivity index (χ0n) is 12.9. The van der Waals surface area contributed by atoms with E-state index < -0.39 is 0 Å². The van der Waals surface area contributed by atoms with Crippen molar-refractivity contribution >= 4 is 29.1 Å². The zero-order valence-corrected chi connectivity index (χ0v) is 14.4. The SMILES string of the molecule is CCn1ncc(Cl)c1CNC(=O)c1cc(-c2ccc(Cl)cc2)n[nH]1. The van der Waals surface area contributed by atoms with Crippen molar-refractivity contribution in [3.8, 4) is 11.3 Å². The summed E-state index contributed by atoms with van der Waals surface area (Å²) in [5, 5.41) is 15.0. The molecule has 0 atom stereocenters. The highest BCUT2D eigenvalue weighted by molar-refractivity contribution is 6.31. The third-order valence-electron chi connectivity index (χ3n) is 3.58. The van der Waals surface area contributed by atoms with E-state index >= 15 is 0 Å². The Morgan fingerprint density at radius 3 is 2.75 bits per heavy atom. The minimum absolute atomic E-state index is 0.261. The number of halogens is 2. The van der Waals surface area contributed by atoms with E-state index in [2.05, 4.69) is 20.6 Å². The number of benzene rings is 1. The molecule has 0 saturated heterocycles. The molecule has 0 spiro atoms. The molecule has 2 aromatic heterocycles. The molecule has 0 bridgehead atoms. The van der Waals surface area contributed by atoms with E-state index in [1.807, 2.05) is 19.1 Å². The monoisotopic (exact) mass is 363 g/mol. The molecule has 0 saturated carbocycles. The first kappa shape index (κ1) is 16.5. The predicted octanol–water partition coefficient (Wildman–Crippen LogP) is 3.53. The summed E-state index contributed by atoms with van der Waals surface area (Å²) < 4.78 is 1.74. The summed E-state index contributed by atoms with van der Waals surface area (Å²) in [6.07, 6.45) is 1.57. The lowest BCUT2D eigenvalue weighted by molar-refractivity contribution is 0.0945. The molecule has 8 heteroatoms. The Labute approximate surface area is 148 Å². The topological polar surface area (TPSA) is 75.6 Å². The smallest absolute Gasteiger partial charge is 0.269 e. The summed E-state index contributed by atoms with van der Waals surface area (Å²) in [4.78, 5) is 12.3. The van der Waals surface area contributed by atoms with Crippen LogP contribution in [0.1, 0.15) is 23.1 Å². The Bertz CT molecular complexity index is 854. The highest BCUT2D eigenvalue weighted by atomic mass is 35.5. The summed E-state index contributed by atoms with van der Waals surface area (Å²) >= 11 is 12.0. The van der Waals surface area contributed by atoms with Crippen LogP contribution in [0, 0.1) is 0 Å². The van der Waals surface area contributed by atoms with Crippen molar-refractivity contribution in [2.75, 3.05) is 0 Å². The molecule has 3 aromatic rings. The molecule has 6 nitrogen and oxygen atoms in total. The van der Waals surface area contributed by atoms with Crippen LogP contribution in [0.25, 0.3) is 11.3 Å². The Kier molecular flexibility index (Phi) is 4.87. The largest absolute Gasteiger partial charge is 0.345 e. The van der Waals surface area contributed by atoms with Crippen LogP contribution in [-0.4, -0.2) is 25.9 Å². The summed E-state index contributed by atoms with van der Waals surface area (Å²) in [5.74, 6) is -0.261. The van der Waals surface area contributed by atoms with Gasteiger partial charge in [-0.3, -0.25) is 14.6 Å². The normalized spacial score (nSPS) is 10.8. The Morgan fingerprint density at radius 2 is 2.04 bits per heavy atom. The molecule has 0 fully saturated rings. The number of nitrogens with zero attached hydrogens (tertiary/aromatic N) is 3. The summed E-state index contributed by atoms with van der Waals surface area (Å²) in [6.45, 7) is 2.94. The lowest BCUT2D eigenvalue weighted by atomic mass is 10.1. The van der Waals surface area contributed by atoms with E-state index in [-0.39, 0.29) is 5.91 Å². The molecule has 0 aliphatic heterocycles. The van der Waals surface area contributed by atoms with Gasteiger partial charge < -0.3 is 5.32 Å². The van der Waals surface area contributed by atoms with Gasteiger partial charge in [0.25, 0.3) is 5.91 Å². The summed E-state index contributed by atoms with van der Waals surface area (Å²) in [6, 6.07) is 8.94. The van der Waals surface area contributed by atoms with Gasteiger partial charge in [-0.1, -0.05) is 35.3 Å². The van der Waals surface area contributed by atoms with Crippen LogP contribution in [0.2, 0.25) is 10.0 Å². The second kappa shape index (κ2) is 7.07. The van der Waals surface area contributed by atoms with E-state index in [0.29, 0.717) is 34.5 Å². The van der Waals surface area contributed by atoms with Gasteiger partial charge in [-0.2, -0.15) is 10.2 Å². The van der Waals surface area contributed by atoms with Crippen LogP contribution in [-0.2, 0) is 13.1 Å². The molecule has 0 aliphatic carbocycles. The van der Waals surface area contributed by atoms with Crippen molar-refractivity contribution in [2.45, 2.75) is 20.0 Å². The average Bonchev–Trinajstić information content (AvgIpc) is 3.20. The molecule has 24 heavy (non-hydrogen) atoms. The molecule has 0 radical (unpaired) electrons. The standard InChI is InChI=1S/C16H15Cl2N5O/c1-2-23-15(12(18)8-20-23)9-19-16(24)14-7-13(21-22-14)10-3-5-11(17)6-4-10/h3-8H,2,9H2,1H3,(H,19,24)(H,21,22). The first-order chi connectivity index (χ1) is 11.6. The highest BCUT2D eigenvalue weighted by Gasteiger charge is 2.13. The zero-order chi connectivity index (χ0) is 17.1. The molecular formula is C16H15Cl2N5O. The van der Waals surface area contributed by atoms with E-state index in [9.17, 15) is 4.79 Å². The van der Waals surface area contributed by atoms with Gasteiger partial charge in [0.2, 0.25) is 0 Å². The second-order valence-corrected chi connectivity index (χ2v) is 5.96. The van der Waals surface area contributed by atoms with Crippen molar-refractivity contribution in [3.63, 3.8) is 0 Å². The second-order valence-electron chi connectivity index (χ2n) is 5.11. The number of carbonyl (C=O) groups excluding carboxylic acids is 1. The van der Waals surface area contributed by atoms with Crippen LogP contribution in [0.15, 0.2) is 36.5 Å². The van der Waals surface area contributed by atoms with E-state index in [0.717, 1.165) is 11.3 Å². The molecular weight excluding hydrogens is 349 g/mol. The lowest BCUT2D eigenvalue weighted by Crippen LogP contribution is -2.24. The molecule has 2 N–H and O–H groups in total. The van der Waals surface area contributed by atoms with Gasteiger partial charge in [0, 0.05) is 17.1 Å². The third-order valence-corrected chi connectivity index (χ3v) is 4.14. The molecule has 3 rings (SSSR count). The fraction of sp³-hybridized carbons (Fsp3) is 0.188. The van der Waals surface area contributed by atoms with Crippen molar-refractivity contribution in [1.82, 2.24) is 25.3 Å². The van der Waals surface area contributed by atoms with Gasteiger partial charge in [0.05, 0.1) is 29.2 Å². The van der Waals surface area contributed by atoms with Gasteiger partial charge in [-0.15, -0.1) is 0 Å². The molecule has 1 amide bonds. The van der Waals surface area contributed by atoms with Crippen LogP contribution in [0.5, 0.6) is 0 Å². The van der Waals surface area contributed by atoms with Gasteiger partial charge in [0.15, 0.2) is 0 Å². The fourth-order valence-electron chi connectivity index (χ4n) is 2.30. The number of aryl methyl sites for hydroxylation is 1. The van der Waals surface area contributed by atoms with Crippen molar-refractivity contribution in [2.24, 2.45) is 0 Å². The Hall–Kier alpha value is -2.31. The number of H-pyrrole nitrogens is 1. The third kappa shape index (κ3) is 3.44. The van der Waals surface area contributed by atoms with Crippen molar-refractivity contribution < 1.29 is 4.79 Å². The maximum atomic E-state index is 12.3. The average molecular weight is 364 g/mol. The minimum atomic E-state index is -0.261. The van der Waals surface area contributed by atoms with Crippen LogP contribution in [0.4, 0.5) is 0 Å². The van der Waals surface area contributed by atoms with E-state index in [4.69, 9.17) is 23.2 Å². The fourth-order valence-corrected chi connectivity index (χ4v) is 2.64. The Morgan fingerprint density at radius 1 is 1.29 bits per heavy atom. The molecule has 2 heterocycles. The van der Waals surface area contributed by atoms with E-state index in [1.165, 1.54) is 0 Å². The first-order valence-corrected chi connectivity index (χ1v) is 8.13. The molecule has 0 aliphatic rings. The maximum Gasteiger partial charge on any atom is 0.269 e. The molecule has 1 aromatic carbocycles. The number of carbonyl (C=O) groups is 1. The number of hydrogen-bond acceptors (Lipinski definition) is 3. The quantitative estimate of drug-likeness (QED) is 0.727. The minimum Gasteiger partial charge on any atom is -0.345 e. The molecule has 124 valence electrons. The predicted molar refractivity (Wildman–Crippen MR) is 93.1 cm³/mol. The van der Waals surface area contributed by atoms with Crippen molar-refractivity contribution in [3.05, 3.63) is 58.0 Å². The number of rotatable bonds is 5. The number of nitrogens with one attached hydrogen (secondary N) is 2. The first-order valence-electron chi connectivity index (χ1n) is 7.38. The van der Waals surface area contributed by atoms with Crippen LogP contribution < -0.4 is 5.32 Å². The van der Waals surface area contributed by atoms with Crippen LogP contribution >= 0.6 is 23.2 Å². The number of aromatic nitrogens is 4. The van der Waals surface area contributed by atoms with Crippen LogP contribution in [0.3, 0.4) is 0 Å². The van der Waals surface area contributed by atoms with Gasteiger partial charge >= 0.3 is 0 Å². The van der Waals surface area contributed by atoms with Gasteiger partial charge in [-0.05, 0) is 25.1 Å². The Balaban J connectivity index is 1.70. The van der Waals surface area contributed by atoms with Gasteiger partial charge in [-0.25, -0.2) is 0 Å². The highest BCUT2D eigenvalue weighted by Crippen LogP contribution is 2.20. The van der Waals surface area contributed by atoms with E-state index in [1.54, 1.807) is 29.1 Å². The lowest BCUT2D eigenvalue weighted by Gasteiger charge is -2.06. The maximum absolute atomic E-state index is 12.3. The number of hydrogen-bond donors (Lipinski definition) is 2. The van der Waals surface area contributed by atoms with Gasteiger partial charge in [0.1, 0.15) is 5.69 Å². The number of aromatic amines is 1. The summed E-state index contributed by atoms with van der Waals surface area (Å²) in [5.41, 5.74) is 2.69.